The van der Waals surface area contributed by atoms with E-state index in [0.29, 0.717) is 31.0 Å². The first-order valence-corrected chi connectivity index (χ1v) is 9.37. The van der Waals surface area contributed by atoms with E-state index in [9.17, 15) is 9.90 Å². The number of primary amides is 1. The minimum absolute atomic E-state index is 0.191. The van der Waals surface area contributed by atoms with Crippen molar-refractivity contribution in [2.75, 3.05) is 6.61 Å². The summed E-state index contributed by atoms with van der Waals surface area (Å²) in [5.74, 6) is 0.199. The second-order valence-electron chi connectivity index (χ2n) is 6.50. The molecule has 1 heterocycles. The van der Waals surface area contributed by atoms with Gasteiger partial charge in [0.1, 0.15) is 11.4 Å². The fourth-order valence-corrected chi connectivity index (χ4v) is 2.96. The van der Waals surface area contributed by atoms with Crippen LogP contribution in [0.25, 0.3) is 11.1 Å². The van der Waals surface area contributed by atoms with Crippen LogP contribution in [0.5, 0.6) is 5.75 Å². The molecule has 0 unspecified atom stereocenters. The van der Waals surface area contributed by atoms with Crippen LogP contribution in [0.4, 0.5) is 0 Å². The first-order valence-electron chi connectivity index (χ1n) is 9.00. The van der Waals surface area contributed by atoms with Gasteiger partial charge in [-0.1, -0.05) is 35.9 Å². The summed E-state index contributed by atoms with van der Waals surface area (Å²) in [6.07, 6.45) is 3.73. The van der Waals surface area contributed by atoms with Crippen molar-refractivity contribution in [3.63, 3.8) is 0 Å². The van der Waals surface area contributed by atoms with Crippen molar-refractivity contribution in [2.24, 2.45) is 5.73 Å². The number of imidazole rings is 1. The van der Waals surface area contributed by atoms with Crippen LogP contribution in [0.2, 0.25) is 5.02 Å². The number of carbonyl (C=O) groups is 1. The van der Waals surface area contributed by atoms with E-state index in [1.54, 1.807) is 4.57 Å². The summed E-state index contributed by atoms with van der Waals surface area (Å²) in [7, 11) is 0. The van der Waals surface area contributed by atoms with Gasteiger partial charge in [-0.2, -0.15) is 0 Å². The molecule has 0 saturated heterocycles. The number of aromatic nitrogens is 2. The Kier molecular flexibility index (Phi) is 6.68. The van der Waals surface area contributed by atoms with Gasteiger partial charge >= 0.3 is 0 Å². The highest BCUT2D eigenvalue weighted by molar-refractivity contribution is 6.30. The maximum atomic E-state index is 11.0. The zero-order chi connectivity index (χ0) is 19.9. The highest BCUT2D eigenvalue weighted by Gasteiger charge is 2.09. The van der Waals surface area contributed by atoms with Gasteiger partial charge in [-0.15, -0.1) is 0 Å². The lowest BCUT2D eigenvalue weighted by atomic mass is 10.1. The van der Waals surface area contributed by atoms with Gasteiger partial charge in [-0.05, 0) is 48.2 Å². The van der Waals surface area contributed by atoms with Gasteiger partial charge in [-0.25, -0.2) is 4.98 Å². The molecule has 0 radical (unpaired) electrons. The van der Waals surface area contributed by atoms with Crippen LogP contribution in [-0.4, -0.2) is 33.3 Å². The molecule has 1 atom stereocenters. The van der Waals surface area contributed by atoms with E-state index in [1.165, 1.54) is 12.5 Å². The minimum Gasteiger partial charge on any atom is -0.494 e. The quantitative estimate of drug-likeness (QED) is 0.538. The second-order valence-corrected chi connectivity index (χ2v) is 6.94. The van der Waals surface area contributed by atoms with Gasteiger partial charge in [0.25, 0.3) is 5.91 Å². The van der Waals surface area contributed by atoms with Crippen molar-refractivity contribution in [3.8, 4) is 16.9 Å². The molecular formula is C21H22ClN3O3. The van der Waals surface area contributed by atoms with E-state index in [4.69, 9.17) is 22.1 Å². The van der Waals surface area contributed by atoms with Gasteiger partial charge in [0, 0.05) is 17.8 Å². The van der Waals surface area contributed by atoms with Gasteiger partial charge < -0.3 is 20.1 Å². The van der Waals surface area contributed by atoms with Gasteiger partial charge in [0.15, 0.2) is 0 Å². The molecule has 3 rings (SSSR count). The second kappa shape index (κ2) is 9.39. The number of rotatable bonds is 9. The number of ether oxygens (including phenoxy) is 1. The van der Waals surface area contributed by atoms with E-state index >= 15 is 0 Å². The predicted molar refractivity (Wildman–Crippen MR) is 108 cm³/mol. The number of nitrogens with zero attached hydrogens (tertiary/aromatic N) is 2. The fraction of sp³-hybridized carbons (Fsp3) is 0.238. The highest BCUT2D eigenvalue weighted by Crippen LogP contribution is 2.25. The number of amides is 1. The fourth-order valence-electron chi connectivity index (χ4n) is 2.84. The molecule has 0 spiro atoms. The molecule has 0 saturated carbocycles. The van der Waals surface area contributed by atoms with E-state index in [2.05, 4.69) is 4.98 Å². The lowest BCUT2D eigenvalue weighted by Gasteiger charge is -2.12. The normalized spacial score (nSPS) is 11.9. The Hall–Kier alpha value is -2.83. The van der Waals surface area contributed by atoms with Crippen LogP contribution in [0.3, 0.4) is 0 Å². The number of hydrogen-bond donors (Lipinski definition) is 2. The molecule has 0 aliphatic carbocycles. The van der Waals surface area contributed by atoms with Crippen molar-refractivity contribution >= 4 is 17.5 Å². The maximum absolute atomic E-state index is 11.0. The van der Waals surface area contributed by atoms with Crippen molar-refractivity contribution in [1.29, 1.82) is 0 Å². The zero-order valence-electron chi connectivity index (χ0n) is 15.3. The smallest absolute Gasteiger partial charge is 0.268 e. The average molecular weight is 400 g/mol. The molecule has 1 aromatic heterocycles. The Morgan fingerprint density at radius 3 is 2.71 bits per heavy atom. The van der Waals surface area contributed by atoms with Crippen LogP contribution in [0.1, 0.15) is 23.3 Å². The summed E-state index contributed by atoms with van der Waals surface area (Å²) < 4.78 is 7.46. The Balaban J connectivity index is 1.45. The summed E-state index contributed by atoms with van der Waals surface area (Å²) >= 11 is 5.94. The van der Waals surface area contributed by atoms with E-state index in [0.717, 1.165) is 16.9 Å². The SMILES string of the molecule is NC(=O)c1cn(C[C@@H](O)CCCOc2cccc(-c3ccc(Cl)cc3)c2)cn1. The standard InChI is InChI=1S/C21H22ClN3O3/c22-17-8-6-15(7-9-17)16-3-1-5-19(11-16)28-10-2-4-18(26)12-25-13-20(21(23)27)24-14-25/h1,3,5-9,11,13-14,18,26H,2,4,10,12H2,(H2,23,27)/t18-/m0/s1. The molecule has 0 aliphatic heterocycles. The number of hydrogen-bond acceptors (Lipinski definition) is 4. The summed E-state index contributed by atoms with van der Waals surface area (Å²) in [4.78, 5) is 14.9. The number of nitrogens with two attached hydrogens (primary N) is 1. The highest BCUT2D eigenvalue weighted by atomic mass is 35.5. The molecule has 0 fully saturated rings. The third-order valence-corrected chi connectivity index (χ3v) is 4.52. The molecule has 0 aliphatic rings. The predicted octanol–water partition coefficient (Wildman–Crippen LogP) is 3.52. The summed E-state index contributed by atoms with van der Waals surface area (Å²) in [5, 5.41) is 10.8. The topological polar surface area (TPSA) is 90.4 Å². The van der Waals surface area contributed by atoms with Crippen LogP contribution >= 0.6 is 11.6 Å². The number of benzene rings is 2. The maximum Gasteiger partial charge on any atom is 0.268 e. The summed E-state index contributed by atoms with van der Waals surface area (Å²) in [6, 6.07) is 15.5. The van der Waals surface area contributed by atoms with Gasteiger partial charge in [-0.3, -0.25) is 4.79 Å². The molecule has 1 amide bonds. The lowest BCUT2D eigenvalue weighted by Crippen LogP contribution is -2.16. The first kappa shape index (κ1) is 19.9. The average Bonchev–Trinajstić information content (AvgIpc) is 3.15. The molecule has 3 N–H and O–H groups in total. The van der Waals surface area contributed by atoms with E-state index in [1.807, 2.05) is 48.5 Å². The molecule has 28 heavy (non-hydrogen) atoms. The minimum atomic E-state index is -0.581. The number of aliphatic hydroxyl groups is 1. The van der Waals surface area contributed by atoms with Crippen LogP contribution in [0, 0.1) is 0 Å². The Labute approximate surface area is 168 Å². The Morgan fingerprint density at radius 2 is 2.00 bits per heavy atom. The zero-order valence-corrected chi connectivity index (χ0v) is 16.0. The number of carbonyl (C=O) groups excluding carboxylic acids is 1. The third-order valence-electron chi connectivity index (χ3n) is 4.27. The van der Waals surface area contributed by atoms with Crippen LogP contribution in [-0.2, 0) is 6.54 Å². The van der Waals surface area contributed by atoms with E-state index in [-0.39, 0.29) is 5.69 Å². The Morgan fingerprint density at radius 1 is 1.21 bits per heavy atom. The molecule has 0 bridgehead atoms. The monoisotopic (exact) mass is 399 g/mol. The van der Waals surface area contributed by atoms with Crippen molar-refractivity contribution in [3.05, 3.63) is 71.8 Å². The number of halogens is 1. The van der Waals surface area contributed by atoms with Crippen molar-refractivity contribution < 1.29 is 14.6 Å². The van der Waals surface area contributed by atoms with Crippen molar-refractivity contribution in [1.82, 2.24) is 9.55 Å². The van der Waals surface area contributed by atoms with Crippen LogP contribution < -0.4 is 10.5 Å². The van der Waals surface area contributed by atoms with Crippen molar-refractivity contribution in [2.45, 2.75) is 25.5 Å². The molecule has 6 nitrogen and oxygen atoms in total. The van der Waals surface area contributed by atoms with E-state index < -0.39 is 12.0 Å². The van der Waals surface area contributed by atoms with Crippen LogP contribution in [0.15, 0.2) is 61.1 Å². The molecular weight excluding hydrogens is 378 g/mol. The summed E-state index contributed by atoms with van der Waals surface area (Å²) in [6.45, 7) is 0.851. The first-order chi connectivity index (χ1) is 13.5. The molecule has 7 heteroatoms. The Bertz CT molecular complexity index is 925. The lowest BCUT2D eigenvalue weighted by molar-refractivity contribution is 0.0995. The third kappa shape index (κ3) is 5.58. The number of aliphatic hydroxyl groups excluding tert-OH is 1. The molecule has 2 aromatic carbocycles. The summed E-state index contributed by atoms with van der Waals surface area (Å²) in [5.41, 5.74) is 7.48. The molecule has 3 aromatic rings. The largest absolute Gasteiger partial charge is 0.494 e. The molecule has 146 valence electrons. The van der Waals surface area contributed by atoms with Gasteiger partial charge in [0.2, 0.25) is 0 Å². The van der Waals surface area contributed by atoms with Gasteiger partial charge in [0.05, 0.1) is 19.0 Å².